The van der Waals surface area contributed by atoms with Gasteiger partial charge in [0.1, 0.15) is 0 Å². The van der Waals surface area contributed by atoms with Crippen molar-refractivity contribution in [3.8, 4) is 0 Å². The number of aryl methyl sites for hydroxylation is 2. The third-order valence-corrected chi connectivity index (χ3v) is 4.61. The van der Waals surface area contributed by atoms with E-state index in [4.69, 9.17) is 0 Å². The lowest BCUT2D eigenvalue weighted by Crippen LogP contribution is -2.09. The molecule has 2 aromatic carbocycles. The van der Waals surface area contributed by atoms with Crippen LogP contribution in [0, 0.1) is 6.92 Å². The molecule has 0 radical (unpaired) electrons. The summed E-state index contributed by atoms with van der Waals surface area (Å²) >= 11 is 0. The van der Waals surface area contributed by atoms with Crippen LogP contribution in [0.15, 0.2) is 59.5 Å². The van der Waals surface area contributed by atoms with E-state index >= 15 is 0 Å². The SMILES string of the molecule is CC.CC.Cc1ccc(CCS(=O)(=O)c2ccccc2)cc1. The maximum Gasteiger partial charge on any atom is 0.178 e. The molecule has 0 saturated carbocycles. The van der Waals surface area contributed by atoms with E-state index in [1.165, 1.54) is 5.56 Å². The Hall–Kier alpha value is -1.61. The minimum atomic E-state index is -3.17. The monoisotopic (exact) mass is 320 g/mol. The molecule has 122 valence electrons. The maximum atomic E-state index is 12.1. The summed E-state index contributed by atoms with van der Waals surface area (Å²) in [5, 5.41) is 0. The van der Waals surface area contributed by atoms with Crippen LogP contribution < -0.4 is 0 Å². The van der Waals surface area contributed by atoms with E-state index < -0.39 is 9.84 Å². The summed E-state index contributed by atoms with van der Waals surface area (Å²) in [6.07, 6.45) is 0.553. The number of sulfone groups is 1. The second-order valence-electron chi connectivity index (χ2n) is 4.37. The van der Waals surface area contributed by atoms with E-state index in [2.05, 4.69) is 0 Å². The molecule has 0 amide bonds. The predicted octanol–water partition coefficient (Wildman–Crippen LogP) is 5.06. The van der Waals surface area contributed by atoms with Crippen molar-refractivity contribution in [1.29, 1.82) is 0 Å². The highest BCUT2D eigenvalue weighted by molar-refractivity contribution is 7.91. The largest absolute Gasteiger partial charge is 0.224 e. The van der Waals surface area contributed by atoms with Gasteiger partial charge >= 0.3 is 0 Å². The van der Waals surface area contributed by atoms with Crippen molar-refractivity contribution in [3.63, 3.8) is 0 Å². The molecular weight excluding hydrogens is 292 g/mol. The molecule has 0 bridgehead atoms. The summed E-state index contributed by atoms with van der Waals surface area (Å²) in [6, 6.07) is 16.6. The van der Waals surface area contributed by atoms with Gasteiger partial charge in [0.15, 0.2) is 9.84 Å². The highest BCUT2D eigenvalue weighted by atomic mass is 32.2. The molecule has 0 aromatic heterocycles. The summed E-state index contributed by atoms with van der Waals surface area (Å²) in [6.45, 7) is 10.0. The molecule has 0 heterocycles. The van der Waals surface area contributed by atoms with Crippen molar-refractivity contribution in [2.24, 2.45) is 0 Å². The summed E-state index contributed by atoms with van der Waals surface area (Å²) in [4.78, 5) is 0.400. The van der Waals surface area contributed by atoms with E-state index in [0.717, 1.165) is 5.56 Å². The van der Waals surface area contributed by atoms with Crippen LogP contribution >= 0.6 is 0 Å². The Morgan fingerprint density at radius 1 is 0.773 bits per heavy atom. The van der Waals surface area contributed by atoms with Gasteiger partial charge in [0, 0.05) is 0 Å². The molecule has 0 saturated heterocycles. The van der Waals surface area contributed by atoms with Crippen molar-refractivity contribution in [2.75, 3.05) is 5.75 Å². The quantitative estimate of drug-likeness (QED) is 0.788. The molecule has 0 atom stereocenters. The fraction of sp³-hybridized carbons (Fsp3) is 0.368. The Morgan fingerprint density at radius 2 is 1.27 bits per heavy atom. The second kappa shape index (κ2) is 11.0. The number of hydrogen-bond acceptors (Lipinski definition) is 2. The highest BCUT2D eigenvalue weighted by Gasteiger charge is 2.13. The topological polar surface area (TPSA) is 34.1 Å². The zero-order valence-electron chi connectivity index (χ0n) is 14.3. The van der Waals surface area contributed by atoms with Gasteiger partial charge in [0.05, 0.1) is 10.6 Å². The first-order valence-corrected chi connectivity index (χ1v) is 9.56. The molecule has 0 spiro atoms. The molecule has 2 rings (SSSR count). The molecule has 0 N–H and O–H groups in total. The van der Waals surface area contributed by atoms with E-state index in [0.29, 0.717) is 11.3 Å². The fourth-order valence-electron chi connectivity index (χ4n) is 1.75. The third-order valence-electron chi connectivity index (χ3n) is 2.88. The van der Waals surface area contributed by atoms with Crippen LogP contribution in [0.25, 0.3) is 0 Å². The normalized spacial score (nSPS) is 9.86. The zero-order valence-corrected chi connectivity index (χ0v) is 15.2. The molecule has 2 aromatic rings. The third kappa shape index (κ3) is 6.90. The van der Waals surface area contributed by atoms with Crippen LogP contribution in [0.1, 0.15) is 38.8 Å². The van der Waals surface area contributed by atoms with Crippen LogP contribution in [-0.4, -0.2) is 14.2 Å². The zero-order chi connectivity index (χ0) is 17.0. The Morgan fingerprint density at radius 3 is 1.77 bits per heavy atom. The van der Waals surface area contributed by atoms with Crippen molar-refractivity contribution >= 4 is 9.84 Å². The molecule has 0 aliphatic carbocycles. The number of hydrogen-bond donors (Lipinski definition) is 0. The van der Waals surface area contributed by atoms with E-state index in [1.807, 2.05) is 65.0 Å². The molecular formula is C19H28O2S. The summed E-state index contributed by atoms with van der Waals surface area (Å²) in [5.41, 5.74) is 2.24. The summed E-state index contributed by atoms with van der Waals surface area (Å²) < 4.78 is 24.1. The van der Waals surface area contributed by atoms with Crippen LogP contribution in [0.5, 0.6) is 0 Å². The first kappa shape index (κ1) is 20.4. The van der Waals surface area contributed by atoms with Crippen molar-refractivity contribution < 1.29 is 8.42 Å². The average Bonchev–Trinajstić information content (AvgIpc) is 2.59. The highest BCUT2D eigenvalue weighted by Crippen LogP contribution is 2.12. The van der Waals surface area contributed by atoms with Crippen molar-refractivity contribution in [1.82, 2.24) is 0 Å². The second-order valence-corrected chi connectivity index (χ2v) is 6.48. The molecule has 0 unspecified atom stereocenters. The molecule has 0 fully saturated rings. The summed E-state index contributed by atoms with van der Waals surface area (Å²) in [5.74, 6) is 0.153. The number of benzene rings is 2. The molecule has 3 heteroatoms. The van der Waals surface area contributed by atoms with Crippen LogP contribution in [0.2, 0.25) is 0 Å². The van der Waals surface area contributed by atoms with Gasteiger partial charge in [-0.25, -0.2) is 8.42 Å². The first-order valence-electron chi connectivity index (χ1n) is 7.91. The van der Waals surface area contributed by atoms with Gasteiger partial charge in [-0.05, 0) is 31.0 Å². The molecule has 0 aliphatic heterocycles. The van der Waals surface area contributed by atoms with Gasteiger partial charge in [0.2, 0.25) is 0 Å². The van der Waals surface area contributed by atoms with Gasteiger partial charge in [0.25, 0.3) is 0 Å². The molecule has 22 heavy (non-hydrogen) atoms. The number of rotatable bonds is 4. The van der Waals surface area contributed by atoms with E-state index in [9.17, 15) is 8.42 Å². The van der Waals surface area contributed by atoms with E-state index in [-0.39, 0.29) is 5.75 Å². The van der Waals surface area contributed by atoms with Crippen LogP contribution in [0.3, 0.4) is 0 Å². The van der Waals surface area contributed by atoms with Crippen molar-refractivity contribution in [3.05, 3.63) is 65.7 Å². The predicted molar refractivity (Wildman–Crippen MR) is 96.1 cm³/mol. The smallest absolute Gasteiger partial charge is 0.178 e. The lowest BCUT2D eigenvalue weighted by atomic mass is 10.1. The Balaban J connectivity index is 0.00000102. The Labute approximate surface area is 136 Å². The standard InChI is InChI=1S/C15H16O2S.2C2H6/c1-13-7-9-14(10-8-13)11-12-18(16,17)15-5-3-2-4-6-15;2*1-2/h2-10H,11-12H2,1H3;2*1-2H3. The van der Waals surface area contributed by atoms with E-state index in [1.54, 1.807) is 24.3 Å². The lowest BCUT2D eigenvalue weighted by Gasteiger charge is -2.05. The lowest BCUT2D eigenvalue weighted by molar-refractivity contribution is 0.595. The van der Waals surface area contributed by atoms with Crippen LogP contribution in [-0.2, 0) is 16.3 Å². The molecule has 2 nitrogen and oxygen atoms in total. The Bertz CT molecular complexity index is 600. The summed E-state index contributed by atoms with van der Waals surface area (Å²) in [7, 11) is -3.17. The van der Waals surface area contributed by atoms with Crippen molar-refractivity contribution in [2.45, 2.75) is 45.9 Å². The van der Waals surface area contributed by atoms with Gasteiger partial charge in [-0.1, -0.05) is 75.7 Å². The minimum absolute atomic E-state index is 0.153. The first-order chi connectivity index (χ1) is 10.6. The minimum Gasteiger partial charge on any atom is -0.224 e. The van der Waals surface area contributed by atoms with Gasteiger partial charge in [-0.3, -0.25) is 0 Å². The van der Waals surface area contributed by atoms with Gasteiger partial charge in [-0.15, -0.1) is 0 Å². The fourth-order valence-corrected chi connectivity index (χ4v) is 3.06. The molecule has 0 aliphatic rings. The Kier molecular flexibility index (Phi) is 10.2. The van der Waals surface area contributed by atoms with Gasteiger partial charge in [-0.2, -0.15) is 0 Å². The maximum absolute atomic E-state index is 12.1. The average molecular weight is 320 g/mol. The van der Waals surface area contributed by atoms with Gasteiger partial charge < -0.3 is 0 Å². The van der Waals surface area contributed by atoms with Crippen LogP contribution in [0.4, 0.5) is 0 Å².